The fraction of sp³-hybridized carbons (Fsp3) is 0.500. The summed E-state index contributed by atoms with van der Waals surface area (Å²) in [5.41, 5.74) is -0.168. The topological polar surface area (TPSA) is 102 Å². The lowest BCUT2D eigenvalue weighted by Gasteiger charge is -2.33. The fourth-order valence-corrected chi connectivity index (χ4v) is 4.31. The highest BCUT2D eigenvalue weighted by Crippen LogP contribution is 2.40. The van der Waals surface area contributed by atoms with Gasteiger partial charge in [-0.1, -0.05) is 24.3 Å². The molecule has 4 amide bonds. The van der Waals surface area contributed by atoms with Gasteiger partial charge in [-0.05, 0) is 56.1 Å². The van der Waals surface area contributed by atoms with E-state index in [1.54, 1.807) is 6.92 Å². The van der Waals surface area contributed by atoms with E-state index in [0.29, 0.717) is 6.42 Å². The molecule has 1 aliphatic heterocycles. The van der Waals surface area contributed by atoms with Gasteiger partial charge in [-0.25, -0.2) is 4.79 Å². The molecule has 1 spiro atoms. The zero-order valence-corrected chi connectivity index (χ0v) is 15.2. The van der Waals surface area contributed by atoms with Crippen molar-refractivity contribution in [2.45, 2.75) is 50.1 Å². The molecule has 0 radical (unpaired) electrons. The Morgan fingerprint density at radius 3 is 2.85 bits per heavy atom. The third-order valence-electron chi connectivity index (χ3n) is 5.98. The number of urea groups is 1. The van der Waals surface area contributed by atoms with Gasteiger partial charge in [-0.15, -0.1) is 0 Å². The molecule has 1 saturated heterocycles. The van der Waals surface area contributed by atoms with Gasteiger partial charge in [0.15, 0.2) is 0 Å². The molecule has 2 fully saturated rings. The Labute approximate surface area is 157 Å². The molecule has 0 unspecified atom stereocenters. The largest absolute Gasteiger partial charge is 0.336 e. The van der Waals surface area contributed by atoms with E-state index >= 15 is 0 Å². The number of rotatable bonds is 4. The predicted molar refractivity (Wildman–Crippen MR) is 96.2 cm³/mol. The molecule has 0 aromatic heterocycles. The first kappa shape index (κ1) is 17.5. The zero-order valence-electron chi connectivity index (χ0n) is 15.2. The molecule has 0 bridgehead atoms. The van der Waals surface area contributed by atoms with Gasteiger partial charge in [0.1, 0.15) is 17.6 Å². The molecule has 27 heavy (non-hydrogen) atoms. The molecule has 2 atom stereocenters. The first-order valence-electron chi connectivity index (χ1n) is 9.34. The number of aryl methyl sites for hydroxylation is 1. The van der Waals surface area contributed by atoms with Crippen LogP contribution in [0.1, 0.15) is 43.7 Å². The lowest BCUT2D eigenvalue weighted by molar-refractivity contribution is -0.136. The van der Waals surface area contributed by atoms with Gasteiger partial charge in [0.2, 0.25) is 5.91 Å². The predicted octanol–water partition coefficient (Wildman–Crippen LogP) is 1.58. The number of hydrogen-bond acceptors (Lipinski definition) is 4. The van der Waals surface area contributed by atoms with Crippen LogP contribution in [-0.4, -0.2) is 34.8 Å². The minimum absolute atomic E-state index is 0.131. The first-order chi connectivity index (χ1) is 12.9. The van der Waals surface area contributed by atoms with Gasteiger partial charge < -0.3 is 10.6 Å². The van der Waals surface area contributed by atoms with Crippen molar-refractivity contribution in [2.24, 2.45) is 5.92 Å². The van der Waals surface area contributed by atoms with Gasteiger partial charge in [0.05, 0.1) is 6.07 Å². The van der Waals surface area contributed by atoms with Crippen LogP contribution in [0, 0.1) is 17.2 Å². The summed E-state index contributed by atoms with van der Waals surface area (Å²) in [4.78, 5) is 39.2. The number of nitrogens with zero attached hydrogens (tertiary/aromatic N) is 2. The Balaban J connectivity index is 1.54. The van der Waals surface area contributed by atoms with Crippen LogP contribution in [0.15, 0.2) is 24.3 Å². The Morgan fingerprint density at radius 2 is 2.15 bits per heavy atom. The van der Waals surface area contributed by atoms with E-state index in [0.717, 1.165) is 41.7 Å². The summed E-state index contributed by atoms with van der Waals surface area (Å²) in [5.74, 6) is -0.749. The Bertz CT molecular complexity index is 872. The smallest absolute Gasteiger partial charge is 0.325 e. The van der Waals surface area contributed by atoms with Crippen molar-refractivity contribution in [2.75, 3.05) is 6.54 Å². The van der Waals surface area contributed by atoms with E-state index in [2.05, 4.69) is 16.7 Å². The minimum Gasteiger partial charge on any atom is -0.336 e. The van der Waals surface area contributed by atoms with Gasteiger partial charge in [0, 0.05) is 0 Å². The number of amides is 4. The maximum Gasteiger partial charge on any atom is 0.325 e. The van der Waals surface area contributed by atoms with E-state index in [4.69, 9.17) is 0 Å². The highest BCUT2D eigenvalue weighted by molar-refractivity contribution is 6.09. The van der Waals surface area contributed by atoms with Crippen molar-refractivity contribution in [1.29, 1.82) is 5.26 Å². The van der Waals surface area contributed by atoms with Crippen LogP contribution in [-0.2, 0) is 21.5 Å². The van der Waals surface area contributed by atoms with Crippen LogP contribution in [0.4, 0.5) is 4.79 Å². The van der Waals surface area contributed by atoms with E-state index < -0.39 is 23.0 Å². The summed E-state index contributed by atoms with van der Waals surface area (Å²) in [7, 11) is 0. The lowest BCUT2D eigenvalue weighted by atomic mass is 9.76. The van der Waals surface area contributed by atoms with E-state index in [1.807, 2.05) is 24.3 Å². The average Bonchev–Trinajstić information content (AvgIpc) is 3.48. The maximum absolute atomic E-state index is 13.2. The maximum atomic E-state index is 13.2. The van der Waals surface area contributed by atoms with Crippen molar-refractivity contribution < 1.29 is 14.4 Å². The number of carbonyl (C=O) groups excluding carboxylic acids is 3. The molecular formula is C20H22N4O3. The summed E-state index contributed by atoms with van der Waals surface area (Å²) < 4.78 is 0. The van der Waals surface area contributed by atoms with Crippen molar-refractivity contribution in [1.82, 2.24) is 15.5 Å². The molecule has 7 nitrogen and oxygen atoms in total. The SMILES string of the molecule is C[C@@](C#N)(NC(=O)CN1C(=O)N[C@@]2(CCCc3ccccc32)C1=O)C1CC1. The van der Waals surface area contributed by atoms with Crippen LogP contribution in [0.25, 0.3) is 0 Å². The molecule has 1 aromatic carbocycles. The minimum atomic E-state index is -1.08. The molecule has 1 aromatic rings. The van der Waals surface area contributed by atoms with Crippen molar-refractivity contribution >= 4 is 17.8 Å². The number of hydrogen-bond donors (Lipinski definition) is 2. The van der Waals surface area contributed by atoms with Crippen LogP contribution in [0.5, 0.6) is 0 Å². The summed E-state index contributed by atoms with van der Waals surface area (Å²) in [6.45, 7) is 1.31. The second kappa shape index (κ2) is 6.08. The molecule has 3 aliphatic rings. The standard InChI is InChI=1S/C20H22N4O3/c1-19(12-21,14-8-9-14)22-16(25)11-24-17(26)20(23-18(24)27)10-4-6-13-5-2-3-7-15(13)20/h2-3,5,7,14H,4,6,8-11H2,1H3,(H,22,25)(H,23,27)/t19-,20+/m0/s1. The molecule has 1 saturated carbocycles. The summed E-state index contributed by atoms with van der Waals surface area (Å²) in [6, 6.07) is 9.21. The van der Waals surface area contributed by atoms with Crippen molar-refractivity contribution in [3.8, 4) is 6.07 Å². The van der Waals surface area contributed by atoms with Gasteiger partial charge >= 0.3 is 6.03 Å². The second-order valence-electron chi connectivity index (χ2n) is 7.87. The highest BCUT2D eigenvalue weighted by atomic mass is 16.2. The van der Waals surface area contributed by atoms with E-state index in [-0.39, 0.29) is 18.4 Å². The van der Waals surface area contributed by atoms with Crippen LogP contribution < -0.4 is 10.6 Å². The molecule has 7 heteroatoms. The molecule has 140 valence electrons. The Hall–Kier alpha value is -2.88. The van der Waals surface area contributed by atoms with Gasteiger partial charge in [-0.3, -0.25) is 14.5 Å². The first-order valence-corrected chi connectivity index (χ1v) is 9.34. The van der Waals surface area contributed by atoms with Crippen LogP contribution >= 0.6 is 0 Å². The van der Waals surface area contributed by atoms with Crippen molar-refractivity contribution in [3.63, 3.8) is 0 Å². The third kappa shape index (κ3) is 2.76. The molecule has 2 aliphatic carbocycles. The monoisotopic (exact) mass is 366 g/mol. The third-order valence-corrected chi connectivity index (χ3v) is 5.98. The quantitative estimate of drug-likeness (QED) is 0.790. The summed E-state index contributed by atoms with van der Waals surface area (Å²) in [6.07, 6.45) is 3.96. The van der Waals surface area contributed by atoms with E-state index in [1.165, 1.54) is 0 Å². The van der Waals surface area contributed by atoms with E-state index in [9.17, 15) is 19.6 Å². The van der Waals surface area contributed by atoms with Gasteiger partial charge in [-0.2, -0.15) is 5.26 Å². The number of nitrogens with one attached hydrogen (secondary N) is 2. The number of nitriles is 1. The normalized spacial score (nSPS) is 26.1. The summed E-state index contributed by atoms with van der Waals surface area (Å²) >= 11 is 0. The molecule has 2 N–H and O–H groups in total. The zero-order chi connectivity index (χ0) is 19.2. The molecule has 1 heterocycles. The lowest BCUT2D eigenvalue weighted by Crippen LogP contribution is -2.51. The van der Waals surface area contributed by atoms with Crippen molar-refractivity contribution in [3.05, 3.63) is 35.4 Å². The van der Waals surface area contributed by atoms with Crippen LogP contribution in [0.3, 0.4) is 0 Å². The van der Waals surface area contributed by atoms with Crippen LogP contribution in [0.2, 0.25) is 0 Å². The number of carbonyl (C=O) groups is 3. The molecular weight excluding hydrogens is 344 g/mol. The Kier molecular flexibility index (Phi) is 3.95. The molecule has 4 rings (SSSR count). The fourth-order valence-electron chi connectivity index (χ4n) is 4.31. The Morgan fingerprint density at radius 1 is 1.41 bits per heavy atom. The average molecular weight is 366 g/mol. The number of benzene rings is 1. The summed E-state index contributed by atoms with van der Waals surface area (Å²) in [5, 5.41) is 14.9. The second-order valence-corrected chi connectivity index (χ2v) is 7.87. The number of imide groups is 1. The highest BCUT2D eigenvalue weighted by Gasteiger charge is 2.54. The van der Waals surface area contributed by atoms with Gasteiger partial charge in [0.25, 0.3) is 5.91 Å². The number of fused-ring (bicyclic) bond motifs is 2.